The van der Waals surface area contributed by atoms with E-state index in [0.29, 0.717) is 5.92 Å². The molecule has 2 aliphatic rings. The number of benzene rings is 1. The van der Waals surface area contributed by atoms with Crippen LogP contribution in [0.3, 0.4) is 0 Å². The normalized spacial score (nSPS) is 19.9. The predicted molar refractivity (Wildman–Crippen MR) is 95.7 cm³/mol. The first-order valence-corrected chi connectivity index (χ1v) is 9.04. The van der Waals surface area contributed by atoms with E-state index in [9.17, 15) is 0 Å². The van der Waals surface area contributed by atoms with E-state index in [4.69, 9.17) is 16.3 Å². The number of halogens is 1. The number of nitrogens with zero attached hydrogens (tertiary/aromatic N) is 2. The number of ether oxygens (including phenoxy) is 1. The van der Waals surface area contributed by atoms with Crippen molar-refractivity contribution in [2.45, 2.75) is 37.0 Å². The van der Waals surface area contributed by atoms with Crippen molar-refractivity contribution >= 4 is 17.4 Å². The van der Waals surface area contributed by atoms with Gasteiger partial charge in [0.2, 0.25) is 0 Å². The van der Waals surface area contributed by atoms with Crippen LogP contribution in [0.4, 0.5) is 5.82 Å². The highest BCUT2D eigenvalue weighted by molar-refractivity contribution is 6.30. The zero-order chi connectivity index (χ0) is 16.4. The Morgan fingerprint density at radius 1 is 1.12 bits per heavy atom. The van der Waals surface area contributed by atoms with Crippen molar-refractivity contribution in [3.63, 3.8) is 0 Å². The summed E-state index contributed by atoms with van der Waals surface area (Å²) in [6, 6.07) is 10.2. The molecule has 1 aliphatic heterocycles. The lowest BCUT2D eigenvalue weighted by Crippen LogP contribution is -2.40. The summed E-state index contributed by atoms with van der Waals surface area (Å²) in [5, 5.41) is 4.33. The fourth-order valence-electron chi connectivity index (χ4n) is 3.40. The van der Waals surface area contributed by atoms with Gasteiger partial charge >= 0.3 is 0 Å². The molecule has 2 aromatic rings. The number of aromatic nitrogens is 2. The van der Waals surface area contributed by atoms with E-state index >= 15 is 0 Å². The summed E-state index contributed by atoms with van der Waals surface area (Å²) in [7, 11) is 0. The van der Waals surface area contributed by atoms with E-state index in [2.05, 4.69) is 27.4 Å². The van der Waals surface area contributed by atoms with Crippen LogP contribution in [0.15, 0.2) is 36.5 Å². The molecular formula is C19H22ClN3O. The largest absolute Gasteiger partial charge is 0.381 e. The molecule has 0 radical (unpaired) electrons. The van der Waals surface area contributed by atoms with Gasteiger partial charge in [0.1, 0.15) is 11.6 Å². The monoisotopic (exact) mass is 343 g/mol. The van der Waals surface area contributed by atoms with Crippen LogP contribution in [0.5, 0.6) is 0 Å². The molecule has 4 nitrogen and oxygen atoms in total. The van der Waals surface area contributed by atoms with Crippen molar-refractivity contribution in [3.05, 3.63) is 52.9 Å². The summed E-state index contributed by atoms with van der Waals surface area (Å²) in [4.78, 5) is 9.08. The smallest absolute Gasteiger partial charge is 0.133 e. The number of nitrogens with one attached hydrogen (secondary N) is 1. The lowest BCUT2D eigenvalue weighted by Gasteiger charge is -2.38. The van der Waals surface area contributed by atoms with Crippen LogP contribution in [-0.2, 0) is 10.2 Å². The van der Waals surface area contributed by atoms with Crippen LogP contribution in [-0.4, -0.2) is 29.7 Å². The highest BCUT2D eigenvalue weighted by atomic mass is 35.5. The van der Waals surface area contributed by atoms with E-state index in [1.54, 1.807) is 0 Å². The maximum absolute atomic E-state index is 6.06. The van der Waals surface area contributed by atoms with Gasteiger partial charge in [-0.05, 0) is 49.4 Å². The van der Waals surface area contributed by atoms with Gasteiger partial charge in [-0.3, -0.25) is 0 Å². The fraction of sp³-hybridized carbons (Fsp3) is 0.474. The molecular weight excluding hydrogens is 322 g/mol. The Kier molecular flexibility index (Phi) is 4.42. The third kappa shape index (κ3) is 3.40. The molecule has 1 aromatic carbocycles. The minimum absolute atomic E-state index is 0.0630. The second-order valence-electron chi connectivity index (χ2n) is 6.83. The first-order valence-electron chi connectivity index (χ1n) is 8.66. The van der Waals surface area contributed by atoms with E-state index in [0.717, 1.165) is 49.3 Å². The molecule has 0 amide bonds. The minimum Gasteiger partial charge on any atom is -0.381 e. The van der Waals surface area contributed by atoms with Crippen molar-refractivity contribution in [1.29, 1.82) is 0 Å². The van der Waals surface area contributed by atoms with Gasteiger partial charge in [-0.2, -0.15) is 0 Å². The Balaban J connectivity index is 1.53. The topological polar surface area (TPSA) is 47.0 Å². The Morgan fingerprint density at radius 2 is 1.88 bits per heavy atom. The van der Waals surface area contributed by atoms with E-state index in [-0.39, 0.29) is 5.41 Å². The summed E-state index contributed by atoms with van der Waals surface area (Å²) in [5.41, 5.74) is 1.38. The highest BCUT2D eigenvalue weighted by Gasteiger charge is 2.34. The molecule has 5 heteroatoms. The zero-order valence-corrected chi connectivity index (χ0v) is 14.4. The fourth-order valence-corrected chi connectivity index (χ4v) is 3.53. The van der Waals surface area contributed by atoms with Crippen molar-refractivity contribution in [3.8, 4) is 0 Å². The van der Waals surface area contributed by atoms with Crippen LogP contribution in [0.1, 0.15) is 43.0 Å². The molecule has 126 valence electrons. The van der Waals surface area contributed by atoms with E-state index < -0.39 is 0 Å². The minimum atomic E-state index is 0.0630. The van der Waals surface area contributed by atoms with Gasteiger partial charge in [-0.1, -0.05) is 23.7 Å². The average Bonchev–Trinajstić information content (AvgIpc) is 3.47. The van der Waals surface area contributed by atoms with Crippen molar-refractivity contribution in [2.24, 2.45) is 0 Å². The first kappa shape index (κ1) is 15.9. The molecule has 1 saturated heterocycles. The molecule has 4 rings (SSSR count). The van der Waals surface area contributed by atoms with Gasteiger partial charge in [0.15, 0.2) is 0 Å². The molecule has 0 unspecified atom stereocenters. The second kappa shape index (κ2) is 6.69. The second-order valence-corrected chi connectivity index (χ2v) is 7.26. The van der Waals surface area contributed by atoms with Crippen molar-refractivity contribution in [1.82, 2.24) is 9.97 Å². The molecule has 24 heavy (non-hydrogen) atoms. The van der Waals surface area contributed by atoms with Crippen molar-refractivity contribution < 1.29 is 4.74 Å². The van der Waals surface area contributed by atoms with Crippen LogP contribution in [0.25, 0.3) is 0 Å². The van der Waals surface area contributed by atoms with Crippen LogP contribution in [0.2, 0.25) is 5.02 Å². The molecule has 1 N–H and O–H groups in total. The average molecular weight is 344 g/mol. The third-order valence-corrected chi connectivity index (χ3v) is 5.38. The molecule has 0 spiro atoms. The summed E-state index contributed by atoms with van der Waals surface area (Å²) < 4.78 is 5.60. The third-order valence-electron chi connectivity index (χ3n) is 5.13. The Morgan fingerprint density at radius 3 is 2.58 bits per heavy atom. The zero-order valence-electron chi connectivity index (χ0n) is 13.7. The van der Waals surface area contributed by atoms with Gasteiger partial charge in [0.25, 0.3) is 0 Å². The van der Waals surface area contributed by atoms with Gasteiger partial charge in [-0.15, -0.1) is 0 Å². The number of anilines is 1. The highest BCUT2D eigenvalue weighted by Crippen LogP contribution is 2.38. The Hall–Kier alpha value is -1.65. The first-order chi connectivity index (χ1) is 11.8. The van der Waals surface area contributed by atoms with Crippen LogP contribution < -0.4 is 5.32 Å². The Labute approximate surface area is 147 Å². The summed E-state index contributed by atoms with van der Waals surface area (Å²) >= 11 is 6.06. The molecule has 0 atom stereocenters. The van der Waals surface area contributed by atoms with Crippen LogP contribution in [0, 0.1) is 0 Å². The van der Waals surface area contributed by atoms with Crippen LogP contribution >= 0.6 is 11.6 Å². The molecule has 2 fully saturated rings. The summed E-state index contributed by atoms with van der Waals surface area (Å²) in [6.45, 7) is 2.43. The predicted octanol–water partition coefficient (Wildman–Crippen LogP) is 4.17. The van der Waals surface area contributed by atoms with E-state index in [1.165, 1.54) is 18.4 Å². The summed E-state index contributed by atoms with van der Waals surface area (Å²) in [5.74, 6) is 2.47. The lowest BCUT2D eigenvalue weighted by molar-refractivity contribution is 0.0543. The summed E-state index contributed by atoms with van der Waals surface area (Å²) in [6.07, 6.45) is 6.30. The molecule has 0 bridgehead atoms. The number of hydrogen-bond acceptors (Lipinski definition) is 4. The molecule has 1 saturated carbocycles. The molecule has 1 aliphatic carbocycles. The maximum atomic E-state index is 6.06. The number of rotatable bonds is 5. The van der Waals surface area contributed by atoms with E-state index in [1.807, 2.05) is 24.4 Å². The van der Waals surface area contributed by atoms with Gasteiger partial charge in [-0.25, -0.2) is 9.97 Å². The van der Waals surface area contributed by atoms with Crippen molar-refractivity contribution in [2.75, 3.05) is 25.1 Å². The van der Waals surface area contributed by atoms with Gasteiger partial charge < -0.3 is 10.1 Å². The molecule has 1 aromatic heterocycles. The maximum Gasteiger partial charge on any atom is 0.133 e. The Bertz CT molecular complexity index is 694. The lowest BCUT2D eigenvalue weighted by atomic mass is 9.74. The molecule has 2 heterocycles. The quantitative estimate of drug-likeness (QED) is 0.885. The standard InChI is InChI=1S/C19H22ClN3O/c20-16-5-3-15(4-6-16)19(8-11-24-12-9-19)13-22-17-7-10-21-18(23-17)14-1-2-14/h3-7,10,14H,1-2,8-9,11-13H2,(H,21,22,23). The van der Waals surface area contributed by atoms with Gasteiger partial charge in [0, 0.05) is 42.3 Å². The van der Waals surface area contributed by atoms with Gasteiger partial charge in [0.05, 0.1) is 0 Å². The number of hydrogen-bond donors (Lipinski definition) is 1. The SMILES string of the molecule is Clc1ccc(C2(CNc3ccnc(C4CC4)n3)CCOCC2)cc1.